The number of rotatable bonds is 4. The fourth-order valence-corrected chi connectivity index (χ4v) is 10.9. The highest BCUT2D eigenvalue weighted by Crippen LogP contribution is 2.71. The third-order valence-corrected chi connectivity index (χ3v) is 12.9. The molecule has 6 aliphatic rings. The Morgan fingerprint density at radius 1 is 0.944 bits per heavy atom. The van der Waals surface area contributed by atoms with Crippen molar-refractivity contribution in [1.29, 1.82) is 0 Å². The van der Waals surface area contributed by atoms with Crippen LogP contribution in [0.5, 0.6) is 0 Å². The summed E-state index contributed by atoms with van der Waals surface area (Å²) in [6.45, 7) is 13.0. The van der Waals surface area contributed by atoms with Crippen LogP contribution in [0.1, 0.15) is 118 Å². The third kappa shape index (κ3) is 3.85. The zero-order valence-electron chi connectivity index (χ0n) is 23.7. The first-order valence-corrected chi connectivity index (χ1v) is 15.7. The van der Waals surface area contributed by atoms with E-state index < -0.39 is 0 Å². The molecule has 0 N–H and O–H groups in total. The molecular formula is C32H52O4. The Balaban J connectivity index is 1.15. The second kappa shape index (κ2) is 9.25. The Kier molecular flexibility index (Phi) is 6.59. The second-order valence-electron chi connectivity index (χ2n) is 14.7. The zero-order valence-corrected chi connectivity index (χ0v) is 23.7. The van der Waals surface area contributed by atoms with Gasteiger partial charge in [0.25, 0.3) is 0 Å². The molecule has 6 fully saturated rings. The van der Waals surface area contributed by atoms with E-state index in [9.17, 15) is 4.79 Å². The lowest BCUT2D eigenvalue weighted by Crippen LogP contribution is -2.55. The number of hydrogen-bond acceptors (Lipinski definition) is 4. The Morgan fingerprint density at radius 2 is 1.75 bits per heavy atom. The molecule has 0 unspecified atom stereocenters. The topological polar surface area (TPSA) is 44.8 Å². The fourth-order valence-electron chi connectivity index (χ4n) is 10.9. The number of carbonyl (C=O) groups is 1. The van der Waals surface area contributed by atoms with Gasteiger partial charge in [0, 0.05) is 18.8 Å². The van der Waals surface area contributed by atoms with Gasteiger partial charge < -0.3 is 14.2 Å². The number of fused-ring (bicyclic) bond motifs is 7. The van der Waals surface area contributed by atoms with Crippen molar-refractivity contribution < 1.29 is 19.0 Å². The molecule has 2 aliphatic heterocycles. The molecule has 6 rings (SSSR count). The van der Waals surface area contributed by atoms with Crippen molar-refractivity contribution >= 4 is 5.97 Å². The molecule has 4 nitrogen and oxygen atoms in total. The number of unbranched alkanes of at least 4 members (excludes halogenated alkanes) is 1. The van der Waals surface area contributed by atoms with E-state index in [-0.39, 0.29) is 17.9 Å². The van der Waals surface area contributed by atoms with Gasteiger partial charge in [-0.2, -0.15) is 0 Å². The van der Waals surface area contributed by atoms with E-state index in [1.807, 2.05) is 0 Å². The molecule has 12 atom stereocenters. The van der Waals surface area contributed by atoms with Gasteiger partial charge >= 0.3 is 5.97 Å². The SMILES string of the molecule is CCCCC(=O)O[C@@H]1CC[C@@]2(C)[C@@H](CC[C@@H]3[C@H]2CC[C@]2(C)[C@@H]4[C@H](C[C@H]32)O[C@]2(CC[C@@H](C)CO2)[C@H]4C)C1. The van der Waals surface area contributed by atoms with Crippen molar-refractivity contribution in [3.63, 3.8) is 0 Å². The molecule has 0 aromatic carbocycles. The summed E-state index contributed by atoms with van der Waals surface area (Å²) in [5, 5.41) is 0. The smallest absolute Gasteiger partial charge is 0.306 e. The molecule has 4 aliphatic carbocycles. The van der Waals surface area contributed by atoms with Crippen LogP contribution in [0, 0.1) is 52.3 Å². The van der Waals surface area contributed by atoms with E-state index in [1.54, 1.807) is 0 Å². The van der Waals surface area contributed by atoms with Crippen LogP contribution in [0.3, 0.4) is 0 Å². The van der Waals surface area contributed by atoms with E-state index in [0.717, 1.165) is 62.4 Å². The maximum Gasteiger partial charge on any atom is 0.306 e. The number of ether oxygens (including phenoxy) is 3. The maximum absolute atomic E-state index is 12.3. The van der Waals surface area contributed by atoms with Crippen LogP contribution < -0.4 is 0 Å². The lowest BCUT2D eigenvalue weighted by atomic mass is 9.44. The molecule has 0 amide bonds. The van der Waals surface area contributed by atoms with Crippen molar-refractivity contribution in [2.24, 2.45) is 52.3 Å². The Labute approximate surface area is 220 Å². The molecule has 4 saturated carbocycles. The van der Waals surface area contributed by atoms with E-state index >= 15 is 0 Å². The molecule has 2 heterocycles. The van der Waals surface area contributed by atoms with E-state index in [0.29, 0.717) is 41.1 Å². The van der Waals surface area contributed by atoms with Crippen molar-refractivity contribution in [3.05, 3.63) is 0 Å². The zero-order chi connectivity index (χ0) is 25.3. The molecule has 36 heavy (non-hydrogen) atoms. The summed E-state index contributed by atoms with van der Waals surface area (Å²) >= 11 is 0. The molecule has 0 bridgehead atoms. The van der Waals surface area contributed by atoms with Crippen LogP contribution >= 0.6 is 0 Å². The average Bonchev–Trinajstić information content (AvgIpc) is 3.30. The maximum atomic E-state index is 12.3. The Bertz CT molecular complexity index is 832. The highest BCUT2D eigenvalue weighted by Gasteiger charge is 2.69. The quantitative estimate of drug-likeness (QED) is 0.374. The summed E-state index contributed by atoms with van der Waals surface area (Å²) in [4.78, 5) is 12.3. The monoisotopic (exact) mass is 500 g/mol. The minimum absolute atomic E-state index is 0.0355. The van der Waals surface area contributed by atoms with Crippen LogP contribution in [0.4, 0.5) is 0 Å². The average molecular weight is 501 g/mol. The Morgan fingerprint density at radius 3 is 2.50 bits per heavy atom. The molecule has 4 heteroatoms. The summed E-state index contributed by atoms with van der Waals surface area (Å²) < 4.78 is 19.4. The van der Waals surface area contributed by atoms with Crippen LogP contribution in [-0.4, -0.2) is 30.6 Å². The van der Waals surface area contributed by atoms with Crippen LogP contribution in [0.15, 0.2) is 0 Å². The first-order chi connectivity index (χ1) is 17.2. The van der Waals surface area contributed by atoms with E-state index in [2.05, 4.69) is 34.6 Å². The van der Waals surface area contributed by atoms with Crippen LogP contribution in [0.2, 0.25) is 0 Å². The summed E-state index contributed by atoms with van der Waals surface area (Å²) in [7, 11) is 0. The summed E-state index contributed by atoms with van der Waals surface area (Å²) in [6, 6.07) is 0. The summed E-state index contributed by atoms with van der Waals surface area (Å²) in [6.07, 6.45) is 15.6. The molecular weight excluding hydrogens is 448 g/mol. The van der Waals surface area contributed by atoms with Gasteiger partial charge in [-0.15, -0.1) is 0 Å². The Hall–Kier alpha value is -0.610. The standard InChI is InChI=1S/C32H52O4/c1-6-7-8-28(33)35-23-12-14-30(4)22(17-23)9-10-24-25(30)13-15-31(5)26(24)18-27-29(31)21(3)32(36-27)16-11-20(2)19-34-32/h20-27,29H,6-19H2,1-5H3/t20-,21+,22+,23-,24-,25-,26-,27+,29+,30+,31+,32-/m1/s1. The van der Waals surface area contributed by atoms with Gasteiger partial charge in [-0.05, 0) is 111 Å². The van der Waals surface area contributed by atoms with Gasteiger partial charge in [0.15, 0.2) is 5.79 Å². The van der Waals surface area contributed by atoms with E-state index in [4.69, 9.17) is 14.2 Å². The van der Waals surface area contributed by atoms with Crippen molar-refractivity contribution in [2.75, 3.05) is 6.61 Å². The van der Waals surface area contributed by atoms with Gasteiger partial charge in [-0.1, -0.05) is 41.0 Å². The van der Waals surface area contributed by atoms with Crippen LogP contribution in [-0.2, 0) is 19.0 Å². The largest absolute Gasteiger partial charge is 0.462 e. The lowest BCUT2D eigenvalue weighted by Gasteiger charge is -2.61. The van der Waals surface area contributed by atoms with Gasteiger partial charge in [-0.25, -0.2) is 0 Å². The number of carbonyl (C=O) groups excluding carboxylic acids is 1. The number of hydrogen-bond donors (Lipinski definition) is 0. The van der Waals surface area contributed by atoms with Gasteiger partial charge in [0.2, 0.25) is 0 Å². The normalized spacial score (nSPS) is 53.9. The van der Waals surface area contributed by atoms with Gasteiger partial charge in [0.1, 0.15) is 6.10 Å². The first-order valence-electron chi connectivity index (χ1n) is 15.7. The summed E-state index contributed by atoms with van der Waals surface area (Å²) in [5.41, 5.74) is 0.820. The van der Waals surface area contributed by atoms with Crippen LogP contribution in [0.25, 0.3) is 0 Å². The molecule has 0 radical (unpaired) electrons. The highest BCUT2D eigenvalue weighted by molar-refractivity contribution is 5.69. The molecule has 0 aromatic heterocycles. The minimum Gasteiger partial charge on any atom is -0.462 e. The highest BCUT2D eigenvalue weighted by atomic mass is 16.7. The molecule has 0 aromatic rings. The lowest BCUT2D eigenvalue weighted by molar-refractivity contribution is -0.273. The third-order valence-electron chi connectivity index (χ3n) is 12.9. The van der Waals surface area contributed by atoms with Gasteiger partial charge in [0.05, 0.1) is 12.7 Å². The van der Waals surface area contributed by atoms with Crippen molar-refractivity contribution in [1.82, 2.24) is 0 Å². The van der Waals surface area contributed by atoms with Crippen molar-refractivity contribution in [3.8, 4) is 0 Å². The van der Waals surface area contributed by atoms with Gasteiger partial charge in [-0.3, -0.25) is 4.79 Å². The minimum atomic E-state index is -0.302. The molecule has 1 spiro atoms. The first kappa shape index (κ1) is 25.7. The summed E-state index contributed by atoms with van der Waals surface area (Å²) in [5.74, 6) is 4.76. The number of esters is 1. The molecule has 2 saturated heterocycles. The van der Waals surface area contributed by atoms with Crippen molar-refractivity contribution in [2.45, 2.75) is 136 Å². The second-order valence-corrected chi connectivity index (χ2v) is 14.7. The predicted molar refractivity (Wildman–Crippen MR) is 141 cm³/mol. The van der Waals surface area contributed by atoms with E-state index in [1.165, 1.54) is 44.9 Å². The predicted octanol–water partition coefficient (Wildman–Crippen LogP) is 7.53. The fraction of sp³-hybridized carbons (Fsp3) is 0.969. The molecule has 204 valence electrons.